The molecule has 0 unspecified atom stereocenters. The quantitative estimate of drug-likeness (QED) is 0.599. The third-order valence-electron chi connectivity index (χ3n) is 1.31. The fraction of sp³-hybridized carbons (Fsp3) is 0. The number of fused-ring (bicyclic) bond motifs is 1. The minimum Gasteiger partial charge on any atom is -0.309 e. The summed E-state index contributed by atoms with van der Waals surface area (Å²) in [7, 11) is 0. The summed E-state index contributed by atoms with van der Waals surface area (Å²) in [6.07, 6.45) is 1.44. The molecule has 2 heterocycles. The van der Waals surface area contributed by atoms with E-state index in [4.69, 9.17) is 0 Å². The Morgan fingerprint density at radius 1 is 1.64 bits per heavy atom. The van der Waals surface area contributed by atoms with Crippen LogP contribution in [0.4, 0.5) is 0 Å². The van der Waals surface area contributed by atoms with Gasteiger partial charge in [-0.2, -0.15) is 0 Å². The molecule has 0 saturated carbocycles. The van der Waals surface area contributed by atoms with Crippen LogP contribution in [0.5, 0.6) is 0 Å². The van der Waals surface area contributed by atoms with Crippen molar-refractivity contribution in [3.63, 3.8) is 0 Å². The molecule has 0 radical (unpaired) electrons. The Morgan fingerprint density at radius 2 is 2.45 bits per heavy atom. The number of nitrogens with zero attached hydrogens (tertiary/aromatic N) is 1. The largest absolute Gasteiger partial charge is 0.334 e. The van der Waals surface area contributed by atoms with E-state index < -0.39 is 0 Å². The van der Waals surface area contributed by atoms with Gasteiger partial charge in [0.15, 0.2) is 6.33 Å². The number of hydrogen-bond acceptors (Lipinski definition) is 2. The highest BCUT2D eigenvalue weighted by atomic mass is 79.9. The minimum absolute atomic E-state index is 0.183. The van der Waals surface area contributed by atoms with Gasteiger partial charge in [-0.1, -0.05) is 4.98 Å². The first-order valence-corrected chi connectivity index (χ1v) is 3.71. The predicted molar refractivity (Wildman–Crippen MR) is 41.0 cm³/mol. The highest BCUT2D eigenvalue weighted by molar-refractivity contribution is 9.10. The first-order chi connectivity index (χ1) is 5.27. The molecule has 2 rings (SSSR count). The molecular weight excluding hydrogens is 212 g/mol. The molecule has 11 heavy (non-hydrogen) atoms. The molecule has 6 heteroatoms. The molecule has 0 aliphatic carbocycles. The van der Waals surface area contributed by atoms with Gasteiger partial charge in [0.05, 0.1) is 0 Å². The lowest BCUT2D eigenvalue weighted by Gasteiger charge is -1.76. The number of rotatable bonds is 0. The van der Waals surface area contributed by atoms with Gasteiger partial charge in [-0.15, -0.1) is 0 Å². The highest BCUT2D eigenvalue weighted by Gasteiger charge is 2.09. The molecule has 3 N–H and O–H groups in total. The fourth-order valence-corrected chi connectivity index (χ4v) is 1.23. The molecule has 0 amide bonds. The van der Waals surface area contributed by atoms with Gasteiger partial charge in [0.2, 0.25) is 5.52 Å². The molecule has 0 aliphatic heterocycles. The lowest BCUT2D eigenvalue weighted by molar-refractivity contribution is -0.352. The predicted octanol–water partition coefficient (Wildman–Crippen LogP) is -0.172. The van der Waals surface area contributed by atoms with Crippen LogP contribution in [0, 0.1) is 0 Å². The van der Waals surface area contributed by atoms with Crippen molar-refractivity contribution >= 4 is 27.1 Å². The zero-order chi connectivity index (χ0) is 7.84. The summed E-state index contributed by atoms with van der Waals surface area (Å²) in [5.74, 6) is 0. The van der Waals surface area contributed by atoms with E-state index in [0.717, 1.165) is 0 Å². The summed E-state index contributed by atoms with van der Waals surface area (Å²) in [6.45, 7) is 0. The monoisotopic (exact) mass is 215 g/mol. The Hall–Kier alpha value is -1.17. The average Bonchev–Trinajstić information content (AvgIpc) is 2.31. The van der Waals surface area contributed by atoms with Gasteiger partial charge >= 0.3 is 5.56 Å². The maximum absolute atomic E-state index is 11.0. The second-order valence-electron chi connectivity index (χ2n) is 2.01. The normalized spacial score (nSPS) is 10.6. The van der Waals surface area contributed by atoms with E-state index in [0.29, 0.717) is 15.9 Å². The minimum atomic E-state index is -0.183. The van der Waals surface area contributed by atoms with Crippen molar-refractivity contribution in [3.8, 4) is 0 Å². The molecular formula is C5H4BrN4O+. The van der Waals surface area contributed by atoms with Crippen molar-refractivity contribution in [2.24, 2.45) is 0 Å². The summed E-state index contributed by atoms with van der Waals surface area (Å²) < 4.78 is 0.542. The Kier molecular flexibility index (Phi) is 1.28. The summed E-state index contributed by atoms with van der Waals surface area (Å²) in [6, 6.07) is 0. The summed E-state index contributed by atoms with van der Waals surface area (Å²) in [5, 5.41) is 0. The number of hydrogen-bond donors (Lipinski definition) is 2. The van der Waals surface area contributed by atoms with Crippen LogP contribution in [0.25, 0.3) is 11.2 Å². The van der Waals surface area contributed by atoms with Crippen molar-refractivity contribution in [2.45, 2.75) is 0 Å². The van der Waals surface area contributed by atoms with E-state index >= 15 is 0 Å². The van der Waals surface area contributed by atoms with Crippen LogP contribution in [-0.2, 0) is 0 Å². The smallest absolute Gasteiger partial charge is 0.309 e. The molecule has 0 saturated heterocycles. The fourth-order valence-electron chi connectivity index (χ4n) is 0.855. The van der Waals surface area contributed by atoms with E-state index in [1.54, 1.807) is 0 Å². The van der Waals surface area contributed by atoms with Gasteiger partial charge in [0.25, 0.3) is 10.4 Å². The third kappa shape index (κ3) is 0.949. The van der Waals surface area contributed by atoms with Crippen LogP contribution < -0.4 is 10.5 Å². The van der Waals surface area contributed by atoms with Gasteiger partial charge in [-0.25, -0.2) is 14.8 Å². The molecule has 5 nitrogen and oxygen atoms in total. The summed E-state index contributed by atoms with van der Waals surface area (Å²) >= 11 is 3.12. The van der Waals surface area contributed by atoms with E-state index in [1.165, 1.54) is 6.33 Å². The van der Waals surface area contributed by atoms with Gasteiger partial charge in [-0.3, -0.25) is 0 Å². The average molecular weight is 216 g/mol. The molecule has 2 aromatic rings. The zero-order valence-corrected chi connectivity index (χ0v) is 6.90. The van der Waals surface area contributed by atoms with E-state index in [1.807, 2.05) is 0 Å². The molecule has 0 fully saturated rings. The number of aromatic nitrogens is 4. The van der Waals surface area contributed by atoms with Crippen LogP contribution >= 0.6 is 15.9 Å². The Bertz CT molecular complexity index is 445. The SMILES string of the molecule is O=c1[nH]c[nH+]c2nc(Br)[nH]c12. The van der Waals surface area contributed by atoms with Gasteiger partial charge in [0, 0.05) is 15.9 Å². The molecule has 0 aliphatic rings. The summed E-state index contributed by atoms with van der Waals surface area (Å²) in [5.41, 5.74) is 0.803. The third-order valence-corrected chi connectivity index (χ3v) is 1.69. The maximum Gasteiger partial charge on any atom is 0.334 e. The van der Waals surface area contributed by atoms with E-state index in [-0.39, 0.29) is 5.56 Å². The molecule has 0 aromatic carbocycles. The molecule has 56 valence electrons. The Balaban J connectivity index is 3.02. The van der Waals surface area contributed by atoms with Crippen molar-refractivity contribution in [2.75, 3.05) is 0 Å². The standard InChI is InChI=1S/C5H3BrN4O/c6-5-9-2-3(10-5)7-1-8-4(2)11/h1H,(H2,7,8,9,10,11)/p+1. The number of imidazole rings is 1. The number of aromatic amines is 3. The van der Waals surface area contributed by atoms with Crippen LogP contribution in [0.15, 0.2) is 15.9 Å². The lowest BCUT2D eigenvalue weighted by Crippen LogP contribution is -2.15. The van der Waals surface area contributed by atoms with Gasteiger partial charge in [-0.05, 0) is 0 Å². The maximum atomic E-state index is 11.0. The second kappa shape index (κ2) is 2.16. The lowest BCUT2D eigenvalue weighted by atomic mass is 10.6. The van der Waals surface area contributed by atoms with Crippen molar-refractivity contribution < 1.29 is 4.98 Å². The van der Waals surface area contributed by atoms with Crippen LogP contribution in [-0.4, -0.2) is 15.0 Å². The van der Waals surface area contributed by atoms with Crippen molar-refractivity contribution in [1.82, 2.24) is 15.0 Å². The molecule has 0 spiro atoms. The topological polar surface area (TPSA) is 75.7 Å². The van der Waals surface area contributed by atoms with Crippen LogP contribution in [0.1, 0.15) is 0 Å². The van der Waals surface area contributed by atoms with Gasteiger partial charge in [0.1, 0.15) is 0 Å². The van der Waals surface area contributed by atoms with Crippen LogP contribution in [0.2, 0.25) is 0 Å². The highest BCUT2D eigenvalue weighted by Crippen LogP contribution is 2.05. The number of halogens is 1. The Labute approximate surface area is 69.0 Å². The van der Waals surface area contributed by atoms with Crippen LogP contribution in [0.3, 0.4) is 0 Å². The zero-order valence-electron chi connectivity index (χ0n) is 5.31. The van der Waals surface area contributed by atoms with E-state index in [2.05, 4.69) is 35.9 Å². The number of H-pyrrole nitrogens is 3. The second-order valence-corrected chi connectivity index (χ2v) is 2.76. The summed E-state index contributed by atoms with van der Waals surface area (Å²) in [4.78, 5) is 23.0. The first kappa shape index (κ1) is 6.53. The molecule has 0 bridgehead atoms. The Morgan fingerprint density at radius 3 is 3.18 bits per heavy atom. The van der Waals surface area contributed by atoms with Crippen molar-refractivity contribution in [1.29, 1.82) is 0 Å². The molecule has 0 atom stereocenters. The number of nitrogens with one attached hydrogen (secondary N) is 3. The van der Waals surface area contributed by atoms with Gasteiger partial charge < -0.3 is 4.98 Å². The van der Waals surface area contributed by atoms with Crippen molar-refractivity contribution in [3.05, 3.63) is 21.4 Å². The van der Waals surface area contributed by atoms with E-state index in [9.17, 15) is 4.79 Å². The molecule has 2 aromatic heterocycles. The first-order valence-electron chi connectivity index (χ1n) is 2.92.